The topological polar surface area (TPSA) is 41.1 Å². The van der Waals surface area contributed by atoms with Crippen LogP contribution >= 0.6 is 0 Å². The summed E-state index contributed by atoms with van der Waals surface area (Å²) in [6, 6.07) is 0.300. The molecule has 62 valence electrons. The third kappa shape index (κ3) is 2.72. The molecule has 0 saturated carbocycles. The van der Waals surface area contributed by atoms with Crippen molar-refractivity contribution in [3.63, 3.8) is 0 Å². The molecule has 0 aromatic carbocycles. The van der Waals surface area contributed by atoms with Crippen LogP contribution < -0.4 is 10.6 Å². The van der Waals surface area contributed by atoms with E-state index in [1.165, 1.54) is 6.08 Å². The quantitative estimate of drug-likeness (QED) is 0.551. The van der Waals surface area contributed by atoms with Gasteiger partial charge in [0.15, 0.2) is 0 Å². The van der Waals surface area contributed by atoms with Crippen molar-refractivity contribution in [1.29, 1.82) is 0 Å². The van der Waals surface area contributed by atoms with Crippen molar-refractivity contribution in [3.05, 3.63) is 12.7 Å². The van der Waals surface area contributed by atoms with Crippen LogP contribution in [0.1, 0.15) is 12.8 Å². The number of piperidine rings is 1. The Kier molecular flexibility index (Phi) is 3.11. The number of hydrogen-bond acceptors (Lipinski definition) is 2. The summed E-state index contributed by atoms with van der Waals surface area (Å²) in [5.74, 6) is -0.0706. The van der Waals surface area contributed by atoms with Gasteiger partial charge in [0, 0.05) is 12.6 Å². The zero-order valence-corrected chi connectivity index (χ0v) is 6.60. The van der Waals surface area contributed by atoms with Crippen LogP contribution in [0.2, 0.25) is 0 Å². The van der Waals surface area contributed by atoms with Gasteiger partial charge in [0.25, 0.3) is 0 Å². The Morgan fingerprint density at radius 1 is 1.73 bits per heavy atom. The molecule has 0 radical (unpaired) electrons. The second-order valence-corrected chi connectivity index (χ2v) is 2.76. The predicted molar refractivity (Wildman–Crippen MR) is 44.2 cm³/mol. The molecule has 3 nitrogen and oxygen atoms in total. The lowest BCUT2D eigenvalue weighted by Gasteiger charge is -2.22. The van der Waals surface area contributed by atoms with Crippen molar-refractivity contribution in [3.8, 4) is 0 Å². The summed E-state index contributed by atoms with van der Waals surface area (Å²) in [6.45, 7) is 5.35. The van der Waals surface area contributed by atoms with Gasteiger partial charge in [-0.2, -0.15) is 0 Å². The Bertz CT molecular complexity index is 150. The highest BCUT2D eigenvalue weighted by atomic mass is 16.1. The average Bonchev–Trinajstić information content (AvgIpc) is 2.06. The SMILES string of the molecule is C=CC(=O)N[C@@H]1CCCNC1. The Balaban J connectivity index is 2.24. The van der Waals surface area contributed by atoms with E-state index in [2.05, 4.69) is 17.2 Å². The monoisotopic (exact) mass is 154 g/mol. The molecular weight excluding hydrogens is 140 g/mol. The van der Waals surface area contributed by atoms with Crippen molar-refractivity contribution in [1.82, 2.24) is 10.6 Å². The molecule has 0 aliphatic carbocycles. The van der Waals surface area contributed by atoms with Crippen molar-refractivity contribution in [2.75, 3.05) is 13.1 Å². The predicted octanol–water partition coefficient (Wildman–Crippen LogP) is 0.0406. The van der Waals surface area contributed by atoms with Crippen LogP contribution in [0.4, 0.5) is 0 Å². The summed E-state index contributed by atoms with van der Waals surface area (Å²) in [7, 11) is 0. The molecule has 1 aliphatic rings. The van der Waals surface area contributed by atoms with Crippen molar-refractivity contribution >= 4 is 5.91 Å². The lowest BCUT2D eigenvalue weighted by Crippen LogP contribution is -2.45. The van der Waals surface area contributed by atoms with E-state index >= 15 is 0 Å². The molecule has 0 unspecified atom stereocenters. The molecule has 0 aromatic heterocycles. The summed E-state index contributed by atoms with van der Waals surface area (Å²) in [4.78, 5) is 10.8. The normalized spacial score (nSPS) is 24.2. The molecule has 11 heavy (non-hydrogen) atoms. The first-order valence-electron chi connectivity index (χ1n) is 3.96. The van der Waals surface area contributed by atoms with Crippen molar-refractivity contribution in [2.45, 2.75) is 18.9 Å². The fraction of sp³-hybridized carbons (Fsp3) is 0.625. The fourth-order valence-electron chi connectivity index (χ4n) is 1.24. The van der Waals surface area contributed by atoms with E-state index in [4.69, 9.17) is 0 Å². The fourth-order valence-corrected chi connectivity index (χ4v) is 1.24. The number of nitrogens with one attached hydrogen (secondary N) is 2. The minimum atomic E-state index is -0.0706. The molecule has 0 spiro atoms. The van der Waals surface area contributed by atoms with E-state index in [1.807, 2.05) is 0 Å². The Labute approximate surface area is 66.9 Å². The number of carbonyl (C=O) groups excluding carboxylic acids is 1. The van der Waals surface area contributed by atoms with Gasteiger partial charge in [0.2, 0.25) is 5.91 Å². The molecule has 1 atom stereocenters. The number of amides is 1. The van der Waals surface area contributed by atoms with Crippen LogP contribution in [-0.4, -0.2) is 25.0 Å². The first kappa shape index (κ1) is 8.27. The standard InChI is InChI=1S/C8H14N2O/c1-2-8(11)10-7-4-3-5-9-6-7/h2,7,9H,1,3-6H2,(H,10,11)/t7-/m1/s1. The average molecular weight is 154 g/mol. The van der Waals surface area contributed by atoms with Crippen LogP contribution in [-0.2, 0) is 4.79 Å². The Hall–Kier alpha value is -0.830. The first-order valence-corrected chi connectivity index (χ1v) is 3.96. The van der Waals surface area contributed by atoms with Crippen LogP contribution in [0.3, 0.4) is 0 Å². The number of hydrogen-bond donors (Lipinski definition) is 2. The van der Waals surface area contributed by atoms with Gasteiger partial charge in [-0.15, -0.1) is 0 Å². The van der Waals surface area contributed by atoms with Crippen molar-refractivity contribution < 1.29 is 4.79 Å². The van der Waals surface area contributed by atoms with E-state index in [1.54, 1.807) is 0 Å². The van der Waals surface area contributed by atoms with E-state index in [-0.39, 0.29) is 5.91 Å². The highest BCUT2D eigenvalue weighted by Crippen LogP contribution is 2.00. The van der Waals surface area contributed by atoms with Gasteiger partial charge in [0.05, 0.1) is 0 Å². The maximum Gasteiger partial charge on any atom is 0.243 e. The van der Waals surface area contributed by atoms with Gasteiger partial charge in [0.1, 0.15) is 0 Å². The highest BCUT2D eigenvalue weighted by molar-refractivity contribution is 5.87. The van der Waals surface area contributed by atoms with E-state index < -0.39 is 0 Å². The largest absolute Gasteiger partial charge is 0.349 e. The van der Waals surface area contributed by atoms with Crippen LogP contribution in [0.5, 0.6) is 0 Å². The van der Waals surface area contributed by atoms with Crippen LogP contribution in [0.25, 0.3) is 0 Å². The Morgan fingerprint density at radius 3 is 3.09 bits per heavy atom. The van der Waals surface area contributed by atoms with Crippen molar-refractivity contribution in [2.24, 2.45) is 0 Å². The molecule has 1 fully saturated rings. The third-order valence-electron chi connectivity index (χ3n) is 1.83. The molecule has 2 N–H and O–H groups in total. The van der Waals surface area contributed by atoms with Gasteiger partial charge >= 0.3 is 0 Å². The maximum absolute atomic E-state index is 10.8. The molecule has 1 heterocycles. The van der Waals surface area contributed by atoms with Crippen LogP contribution in [0, 0.1) is 0 Å². The lowest BCUT2D eigenvalue weighted by molar-refractivity contribution is -0.117. The van der Waals surface area contributed by atoms with E-state index in [9.17, 15) is 4.79 Å². The summed E-state index contributed by atoms with van der Waals surface area (Å²) in [5, 5.41) is 6.06. The summed E-state index contributed by atoms with van der Waals surface area (Å²) < 4.78 is 0. The Morgan fingerprint density at radius 2 is 2.55 bits per heavy atom. The molecule has 3 heteroatoms. The minimum Gasteiger partial charge on any atom is -0.349 e. The molecule has 0 bridgehead atoms. The third-order valence-corrected chi connectivity index (χ3v) is 1.83. The lowest BCUT2D eigenvalue weighted by atomic mass is 10.1. The smallest absolute Gasteiger partial charge is 0.243 e. The number of carbonyl (C=O) groups is 1. The molecule has 1 aliphatic heterocycles. The van der Waals surface area contributed by atoms with Gasteiger partial charge in [-0.05, 0) is 25.5 Å². The molecule has 1 amide bonds. The second-order valence-electron chi connectivity index (χ2n) is 2.76. The summed E-state index contributed by atoms with van der Waals surface area (Å²) in [6.07, 6.45) is 3.53. The van der Waals surface area contributed by atoms with E-state index in [0.717, 1.165) is 25.9 Å². The summed E-state index contributed by atoms with van der Waals surface area (Å²) in [5.41, 5.74) is 0. The summed E-state index contributed by atoms with van der Waals surface area (Å²) >= 11 is 0. The molecular formula is C8H14N2O. The molecule has 1 saturated heterocycles. The number of rotatable bonds is 2. The maximum atomic E-state index is 10.8. The second kappa shape index (κ2) is 4.13. The van der Waals surface area contributed by atoms with Gasteiger partial charge in [-0.25, -0.2) is 0 Å². The molecule has 0 aromatic rings. The van der Waals surface area contributed by atoms with Crippen LogP contribution in [0.15, 0.2) is 12.7 Å². The minimum absolute atomic E-state index is 0.0706. The molecule has 1 rings (SSSR count). The van der Waals surface area contributed by atoms with Gasteiger partial charge < -0.3 is 10.6 Å². The zero-order chi connectivity index (χ0) is 8.10. The zero-order valence-electron chi connectivity index (χ0n) is 6.60. The van der Waals surface area contributed by atoms with E-state index in [0.29, 0.717) is 6.04 Å². The highest BCUT2D eigenvalue weighted by Gasteiger charge is 2.12. The van der Waals surface area contributed by atoms with Gasteiger partial charge in [-0.1, -0.05) is 6.58 Å². The first-order chi connectivity index (χ1) is 5.33. The van der Waals surface area contributed by atoms with Gasteiger partial charge in [-0.3, -0.25) is 4.79 Å².